The Hall–Kier alpha value is -1.60. The van der Waals surface area contributed by atoms with Gasteiger partial charge in [0.15, 0.2) is 0 Å². The lowest BCUT2D eigenvalue weighted by Crippen LogP contribution is -2.32. The van der Waals surface area contributed by atoms with Gasteiger partial charge in [-0.15, -0.1) is 0 Å². The number of nitrogens with one attached hydrogen (secondary N) is 1. The number of fused-ring (bicyclic) bond motifs is 2. The quantitative estimate of drug-likeness (QED) is 0.867. The minimum atomic E-state index is -3.44. The van der Waals surface area contributed by atoms with Gasteiger partial charge in [0, 0.05) is 17.8 Å². The Morgan fingerprint density at radius 1 is 1.29 bits per heavy atom. The third-order valence-corrected chi connectivity index (χ3v) is 6.00. The van der Waals surface area contributed by atoms with E-state index in [9.17, 15) is 18.3 Å². The predicted octanol–water partition coefficient (Wildman–Crippen LogP) is 1.04. The molecule has 21 heavy (non-hydrogen) atoms. The van der Waals surface area contributed by atoms with Crippen LogP contribution in [0.15, 0.2) is 29.2 Å². The Morgan fingerprint density at radius 2 is 1.95 bits per heavy atom. The number of rotatable bonds is 4. The number of benzene rings is 1. The van der Waals surface area contributed by atoms with Gasteiger partial charge in [0.1, 0.15) is 0 Å². The van der Waals surface area contributed by atoms with E-state index in [0.717, 1.165) is 18.5 Å². The first-order valence-electron chi connectivity index (χ1n) is 6.99. The fraction of sp³-hybridized carbons (Fsp3) is 0.500. The third-order valence-electron chi connectivity index (χ3n) is 4.57. The van der Waals surface area contributed by atoms with Gasteiger partial charge in [0.05, 0.1) is 10.8 Å². The summed E-state index contributed by atoms with van der Waals surface area (Å²) in [7, 11) is -2.06. The molecule has 2 aliphatic rings. The largest absolute Gasteiger partial charge is 0.481 e. The molecule has 2 fully saturated rings. The summed E-state index contributed by atoms with van der Waals surface area (Å²) < 4.78 is 25.7. The van der Waals surface area contributed by atoms with E-state index in [-0.39, 0.29) is 22.9 Å². The molecule has 7 heteroatoms. The second-order valence-corrected chi connectivity index (χ2v) is 7.47. The van der Waals surface area contributed by atoms with Gasteiger partial charge >= 0.3 is 5.97 Å². The van der Waals surface area contributed by atoms with E-state index in [1.807, 2.05) is 0 Å². The molecule has 2 aliphatic heterocycles. The number of nitrogens with zero attached hydrogens (tertiary/aromatic N) is 1. The average Bonchev–Trinajstić information content (AvgIpc) is 3.05. The molecule has 0 spiro atoms. The fourth-order valence-corrected chi connectivity index (χ4v) is 4.30. The van der Waals surface area contributed by atoms with Crippen molar-refractivity contribution in [2.24, 2.45) is 5.92 Å². The summed E-state index contributed by atoms with van der Waals surface area (Å²) in [6.45, 7) is 0. The van der Waals surface area contributed by atoms with Crippen molar-refractivity contribution < 1.29 is 18.3 Å². The molecule has 114 valence electrons. The molecular formula is C14H18N2O4S. The smallest absolute Gasteiger partial charge is 0.308 e. The summed E-state index contributed by atoms with van der Waals surface area (Å²) in [5.41, 5.74) is 0.904. The molecule has 3 rings (SSSR count). The van der Waals surface area contributed by atoms with Crippen molar-refractivity contribution in [3.8, 4) is 0 Å². The molecule has 2 N–H and O–H groups in total. The normalized spacial score (nSPS) is 28.0. The van der Waals surface area contributed by atoms with Crippen LogP contribution in [-0.2, 0) is 14.8 Å². The zero-order valence-corrected chi connectivity index (χ0v) is 12.5. The number of carbonyl (C=O) groups is 1. The summed E-state index contributed by atoms with van der Waals surface area (Å²) >= 11 is 0. The van der Waals surface area contributed by atoms with E-state index in [1.165, 1.54) is 7.05 Å². The summed E-state index contributed by atoms with van der Waals surface area (Å²) in [6, 6.07) is 6.94. The van der Waals surface area contributed by atoms with Crippen LogP contribution in [0.2, 0.25) is 0 Å². The Balaban J connectivity index is 1.87. The summed E-state index contributed by atoms with van der Waals surface area (Å²) in [4.78, 5) is 13.6. The van der Waals surface area contributed by atoms with E-state index in [4.69, 9.17) is 0 Å². The van der Waals surface area contributed by atoms with Crippen molar-refractivity contribution >= 4 is 21.7 Å². The topological polar surface area (TPSA) is 86.7 Å². The van der Waals surface area contributed by atoms with Gasteiger partial charge < -0.3 is 10.0 Å². The standard InChI is InChI=1S/C14H18N2O4S/c1-15-21(19,20)11-5-2-9(3-6-11)16-10-4-7-13(16)12(8-10)14(17)18/h2-3,5-6,10,12-13,15H,4,7-8H2,1H3,(H,17,18). The van der Waals surface area contributed by atoms with Gasteiger partial charge in [0.25, 0.3) is 0 Å². The van der Waals surface area contributed by atoms with E-state index < -0.39 is 16.0 Å². The monoisotopic (exact) mass is 310 g/mol. The van der Waals surface area contributed by atoms with Gasteiger partial charge in [0.2, 0.25) is 10.0 Å². The number of carboxylic acids is 1. The second kappa shape index (κ2) is 4.99. The molecule has 6 nitrogen and oxygen atoms in total. The molecule has 0 aliphatic carbocycles. The molecule has 3 atom stereocenters. The zero-order chi connectivity index (χ0) is 15.2. The number of hydrogen-bond donors (Lipinski definition) is 2. The van der Waals surface area contributed by atoms with Gasteiger partial charge in [-0.05, 0) is 50.6 Å². The third kappa shape index (κ3) is 2.30. The van der Waals surface area contributed by atoms with Crippen LogP contribution >= 0.6 is 0 Å². The minimum absolute atomic E-state index is 0.0271. The lowest BCUT2D eigenvalue weighted by Gasteiger charge is -2.25. The Bertz CT molecular complexity index is 656. The maximum atomic E-state index is 11.7. The molecular weight excluding hydrogens is 292 g/mol. The highest BCUT2D eigenvalue weighted by Crippen LogP contribution is 2.44. The highest BCUT2D eigenvalue weighted by atomic mass is 32.2. The van der Waals surface area contributed by atoms with Crippen LogP contribution < -0.4 is 9.62 Å². The first-order valence-corrected chi connectivity index (χ1v) is 8.47. The molecule has 3 unspecified atom stereocenters. The van der Waals surface area contributed by atoms with Crippen molar-refractivity contribution in [3.05, 3.63) is 24.3 Å². The molecule has 2 bridgehead atoms. The molecule has 2 saturated heterocycles. The molecule has 0 radical (unpaired) electrons. The van der Waals surface area contributed by atoms with Gasteiger partial charge in [-0.25, -0.2) is 13.1 Å². The van der Waals surface area contributed by atoms with Crippen LogP contribution in [0, 0.1) is 5.92 Å². The lowest BCUT2D eigenvalue weighted by atomic mass is 9.89. The van der Waals surface area contributed by atoms with Crippen LogP contribution in [0.4, 0.5) is 5.69 Å². The SMILES string of the molecule is CNS(=O)(=O)c1ccc(N2C3CCC2C(C(=O)O)C3)cc1. The lowest BCUT2D eigenvalue weighted by molar-refractivity contribution is -0.142. The van der Waals surface area contributed by atoms with Crippen molar-refractivity contribution in [3.63, 3.8) is 0 Å². The molecule has 0 aromatic heterocycles. The van der Waals surface area contributed by atoms with Crippen LogP contribution in [0.3, 0.4) is 0 Å². The van der Waals surface area contributed by atoms with Crippen molar-refractivity contribution in [1.29, 1.82) is 0 Å². The predicted molar refractivity (Wildman–Crippen MR) is 77.7 cm³/mol. The summed E-state index contributed by atoms with van der Waals surface area (Å²) in [6.07, 6.45) is 2.57. The van der Waals surface area contributed by atoms with Gasteiger partial charge in [-0.1, -0.05) is 0 Å². The fourth-order valence-electron chi connectivity index (χ4n) is 3.57. The molecule has 1 aromatic rings. The number of carboxylic acid groups (broad SMARTS) is 1. The van der Waals surface area contributed by atoms with E-state index >= 15 is 0 Å². The van der Waals surface area contributed by atoms with Crippen LogP contribution in [-0.4, -0.2) is 38.6 Å². The molecule has 2 heterocycles. The minimum Gasteiger partial charge on any atom is -0.481 e. The molecule has 0 amide bonds. The number of anilines is 1. The number of sulfonamides is 1. The van der Waals surface area contributed by atoms with Crippen molar-refractivity contribution in [2.45, 2.75) is 36.2 Å². The first kappa shape index (κ1) is 14.3. The highest BCUT2D eigenvalue weighted by molar-refractivity contribution is 7.89. The summed E-state index contributed by atoms with van der Waals surface area (Å²) in [5, 5.41) is 9.27. The van der Waals surface area contributed by atoms with Crippen LogP contribution in [0.25, 0.3) is 0 Å². The van der Waals surface area contributed by atoms with Crippen molar-refractivity contribution in [1.82, 2.24) is 4.72 Å². The molecule has 1 aromatic carbocycles. The number of hydrogen-bond acceptors (Lipinski definition) is 4. The zero-order valence-electron chi connectivity index (χ0n) is 11.7. The molecule has 0 saturated carbocycles. The van der Waals surface area contributed by atoms with E-state index in [2.05, 4.69) is 9.62 Å². The second-order valence-electron chi connectivity index (χ2n) is 5.59. The van der Waals surface area contributed by atoms with Crippen molar-refractivity contribution in [2.75, 3.05) is 11.9 Å². The maximum absolute atomic E-state index is 11.7. The van der Waals surface area contributed by atoms with Gasteiger partial charge in [-0.3, -0.25) is 4.79 Å². The Labute approximate surface area is 123 Å². The summed E-state index contributed by atoms with van der Waals surface area (Å²) in [5.74, 6) is -1.05. The van der Waals surface area contributed by atoms with Crippen LogP contribution in [0.1, 0.15) is 19.3 Å². The highest BCUT2D eigenvalue weighted by Gasteiger charge is 2.49. The van der Waals surface area contributed by atoms with E-state index in [0.29, 0.717) is 6.42 Å². The number of aliphatic carboxylic acids is 1. The first-order chi connectivity index (χ1) is 9.94. The Morgan fingerprint density at radius 3 is 2.48 bits per heavy atom. The maximum Gasteiger partial charge on any atom is 0.308 e. The Kier molecular flexibility index (Phi) is 3.41. The average molecular weight is 310 g/mol. The van der Waals surface area contributed by atoms with Gasteiger partial charge in [-0.2, -0.15) is 0 Å². The van der Waals surface area contributed by atoms with Crippen LogP contribution in [0.5, 0.6) is 0 Å². The van der Waals surface area contributed by atoms with E-state index in [1.54, 1.807) is 24.3 Å².